The number of aromatic nitrogens is 2. The zero-order valence-corrected chi connectivity index (χ0v) is 15.8. The molecule has 2 N–H and O–H groups in total. The summed E-state index contributed by atoms with van der Waals surface area (Å²) in [6, 6.07) is 7.76. The van der Waals surface area contributed by atoms with Crippen molar-refractivity contribution in [3.63, 3.8) is 0 Å². The molecule has 2 aromatic rings. The van der Waals surface area contributed by atoms with Gasteiger partial charge in [-0.25, -0.2) is 9.97 Å². The van der Waals surface area contributed by atoms with Crippen molar-refractivity contribution in [1.82, 2.24) is 9.97 Å². The summed E-state index contributed by atoms with van der Waals surface area (Å²) in [5.41, 5.74) is 3.42. The Labute approximate surface area is 150 Å². The van der Waals surface area contributed by atoms with Crippen LogP contribution in [0.4, 0.5) is 11.5 Å². The molecule has 25 heavy (non-hydrogen) atoms. The van der Waals surface area contributed by atoms with Gasteiger partial charge in [0.25, 0.3) is 5.91 Å². The third-order valence-electron chi connectivity index (χ3n) is 4.08. The summed E-state index contributed by atoms with van der Waals surface area (Å²) >= 11 is 0. The molecule has 1 heterocycles. The second kappa shape index (κ2) is 8.60. The van der Waals surface area contributed by atoms with Crippen LogP contribution in [0.25, 0.3) is 0 Å². The van der Waals surface area contributed by atoms with Crippen LogP contribution >= 0.6 is 0 Å². The third-order valence-corrected chi connectivity index (χ3v) is 4.08. The van der Waals surface area contributed by atoms with Crippen LogP contribution in [0.5, 0.6) is 0 Å². The van der Waals surface area contributed by atoms with Gasteiger partial charge in [-0.1, -0.05) is 39.0 Å². The number of amides is 1. The van der Waals surface area contributed by atoms with Gasteiger partial charge in [0.1, 0.15) is 17.3 Å². The first-order chi connectivity index (χ1) is 11.9. The van der Waals surface area contributed by atoms with Crippen molar-refractivity contribution < 1.29 is 4.79 Å². The summed E-state index contributed by atoms with van der Waals surface area (Å²) in [5.74, 6) is 1.69. The van der Waals surface area contributed by atoms with Crippen LogP contribution in [0.2, 0.25) is 0 Å². The van der Waals surface area contributed by atoms with Gasteiger partial charge in [0.2, 0.25) is 0 Å². The minimum absolute atomic E-state index is 0.207. The van der Waals surface area contributed by atoms with Gasteiger partial charge in [-0.3, -0.25) is 4.79 Å². The molecule has 0 fully saturated rings. The number of carbonyl (C=O) groups is 1. The molecule has 0 aliphatic heterocycles. The minimum Gasteiger partial charge on any atom is -0.370 e. The largest absolute Gasteiger partial charge is 0.370 e. The summed E-state index contributed by atoms with van der Waals surface area (Å²) < 4.78 is 0. The molecule has 0 aliphatic rings. The van der Waals surface area contributed by atoms with E-state index < -0.39 is 0 Å². The summed E-state index contributed by atoms with van der Waals surface area (Å²) in [6.45, 7) is 11.1. The molecule has 1 aromatic heterocycles. The van der Waals surface area contributed by atoms with Crippen molar-refractivity contribution in [1.29, 1.82) is 0 Å². The molecule has 0 saturated carbocycles. The number of hydrogen-bond acceptors (Lipinski definition) is 4. The van der Waals surface area contributed by atoms with Crippen molar-refractivity contribution in [2.24, 2.45) is 5.92 Å². The predicted octanol–water partition coefficient (Wildman–Crippen LogP) is 4.37. The molecule has 5 heteroatoms. The number of para-hydroxylation sites is 1. The van der Waals surface area contributed by atoms with Crippen molar-refractivity contribution in [3.05, 3.63) is 46.9 Å². The molecule has 0 aliphatic carbocycles. The molecule has 0 radical (unpaired) electrons. The molecule has 1 amide bonds. The first-order valence-corrected chi connectivity index (χ1v) is 8.90. The highest BCUT2D eigenvalue weighted by atomic mass is 16.1. The normalized spacial score (nSPS) is 10.8. The Kier molecular flexibility index (Phi) is 6.51. The number of nitrogens with one attached hydrogen (secondary N) is 2. The quantitative estimate of drug-likeness (QED) is 0.785. The second-order valence-corrected chi connectivity index (χ2v) is 6.71. The van der Waals surface area contributed by atoms with Crippen molar-refractivity contribution in [2.75, 3.05) is 17.2 Å². The summed E-state index contributed by atoms with van der Waals surface area (Å²) in [6.07, 6.45) is 1.91. The maximum Gasteiger partial charge on any atom is 0.274 e. The van der Waals surface area contributed by atoms with E-state index in [-0.39, 0.29) is 5.91 Å². The molecule has 2 rings (SSSR count). The Balaban J connectivity index is 2.18. The Morgan fingerprint density at radius 2 is 1.96 bits per heavy atom. The average molecular weight is 340 g/mol. The predicted molar refractivity (Wildman–Crippen MR) is 103 cm³/mol. The molecular weight excluding hydrogens is 312 g/mol. The number of anilines is 2. The van der Waals surface area contributed by atoms with E-state index in [1.54, 1.807) is 13.0 Å². The Bertz CT molecular complexity index is 740. The molecular formula is C20H28N4O. The maximum absolute atomic E-state index is 12.7. The van der Waals surface area contributed by atoms with E-state index in [9.17, 15) is 4.79 Å². The maximum atomic E-state index is 12.7. The SMILES string of the molecule is CCc1cccc(C)c1NC(=O)c1cc(NCCC(C)C)nc(C)n1. The summed E-state index contributed by atoms with van der Waals surface area (Å²) in [7, 11) is 0. The fourth-order valence-electron chi connectivity index (χ4n) is 2.64. The topological polar surface area (TPSA) is 66.9 Å². The van der Waals surface area contributed by atoms with Crippen LogP contribution in [0.15, 0.2) is 24.3 Å². The number of nitrogens with zero attached hydrogens (tertiary/aromatic N) is 2. The van der Waals surface area contributed by atoms with E-state index in [0.717, 1.165) is 36.2 Å². The van der Waals surface area contributed by atoms with Gasteiger partial charge in [-0.05, 0) is 43.7 Å². The van der Waals surface area contributed by atoms with Crippen molar-refractivity contribution in [3.8, 4) is 0 Å². The first kappa shape index (κ1) is 18.9. The number of aryl methyl sites for hydroxylation is 3. The van der Waals surface area contributed by atoms with Gasteiger partial charge < -0.3 is 10.6 Å². The fraction of sp³-hybridized carbons (Fsp3) is 0.450. The van der Waals surface area contributed by atoms with Crippen molar-refractivity contribution >= 4 is 17.4 Å². The van der Waals surface area contributed by atoms with Crippen LogP contribution in [-0.4, -0.2) is 22.4 Å². The van der Waals surface area contributed by atoms with Gasteiger partial charge in [-0.15, -0.1) is 0 Å². The Morgan fingerprint density at radius 3 is 2.64 bits per heavy atom. The van der Waals surface area contributed by atoms with Gasteiger partial charge in [0.05, 0.1) is 0 Å². The minimum atomic E-state index is -0.207. The molecule has 5 nitrogen and oxygen atoms in total. The molecule has 0 unspecified atom stereocenters. The lowest BCUT2D eigenvalue weighted by Crippen LogP contribution is -2.17. The molecule has 0 bridgehead atoms. The van der Waals surface area contributed by atoms with Crippen LogP contribution in [0.3, 0.4) is 0 Å². The zero-order chi connectivity index (χ0) is 18.4. The highest BCUT2D eigenvalue weighted by Crippen LogP contribution is 2.22. The van der Waals surface area contributed by atoms with E-state index in [1.807, 2.05) is 25.1 Å². The smallest absolute Gasteiger partial charge is 0.274 e. The van der Waals surface area contributed by atoms with E-state index >= 15 is 0 Å². The standard InChI is InChI=1S/C20H28N4O/c1-6-16-9-7-8-14(4)19(16)24-20(25)17-12-18(23-15(5)22-17)21-11-10-13(2)3/h7-9,12-13H,6,10-11H2,1-5H3,(H,24,25)(H,21,22,23). The number of hydrogen-bond donors (Lipinski definition) is 2. The Morgan fingerprint density at radius 1 is 1.20 bits per heavy atom. The lowest BCUT2D eigenvalue weighted by Gasteiger charge is -2.13. The van der Waals surface area contributed by atoms with E-state index in [0.29, 0.717) is 23.3 Å². The molecule has 134 valence electrons. The average Bonchev–Trinajstić information content (AvgIpc) is 2.55. The second-order valence-electron chi connectivity index (χ2n) is 6.71. The highest BCUT2D eigenvalue weighted by molar-refractivity contribution is 6.04. The Hall–Kier alpha value is -2.43. The zero-order valence-electron chi connectivity index (χ0n) is 15.8. The van der Waals surface area contributed by atoms with Gasteiger partial charge in [0, 0.05) is 18.3 Å². The molecule has 0 saturated heterocycles. The lowest BCUT2D eigenvalue weighted by atomic mass is 10.1. The fourth-order valence-corrected chi connectivity index (χ4v) is 2.64. The van der Waals surface area contributed by atoms with E-state index in [4.69, 9.17) is 0 Å². The van der Waals surface area contributed by atoms with Gasteiger partial charge in [0.15, 0.2) is 0 Å². The third kappa shape index (κ3) is 5.28. The highest BCUT2D eigenvalue weighted by Gasteiger charge is 2.14. The number of rotatable bonds is 7. The molecule has 0 atom stereocenters. The van der Waals surface area contributed by atoms with Crippen LogP contribution < -0.4 is 10.6 Å². The van der Waals surface area contributed by atoms with E-state index in [2.05, 4.69) is 41.4 Å². The van der Waals surface area contributed by atoms with Crippen molar-refractivity contribution in [2.45, 2.75) is 47.5 Å². The van der Waals surface area contributed by atoms with Crippen LogP contribution in [-0.2, 0) is 6.42 Å². The summed E-state index contributed by atoms with van der Waals surface area (Å²) in [5, 5.41) is 6.30. The monoisotopic (exact) mass is 340 g/mol. The summed E-state index contributed by atoms with van der Waals surface area (Å²) in [4.78, 5) is 21.4. The number of carbonyl (C=O) groups excluding carboxylic acids is 1. The molecule has 1 aromatic carbocycles. The number of benzene rings is 1. The lowest BCUT2D eigenvalue weighted by molar-refractivity contribution is 0.102. The van der Waals surface area contributed by atoms with Crippen LogP contribution in [0, 0.1) is 19.8 Å². The first-order valence-electron chi connectivity index (χ1n) is 8.90. The van der Waals surface area contributed by atoms with Gasteiger partial charge >= 0.3 is 0 Å². The van der Waals surface area contributed by atoms with E-state index in [1.165, 1.54) is 0 Å². The molecule has 0 spiro atoms. The van der Waals surface area contributed by atoms with Gasteiger partial charge in [-0.2, -0.15) is 0 Å². The van der Waals surface area contributed by atoms with Crippen LogP contribution in [0.1, 0.15) is 54.6 Å².